The van der Waals surface area contributed by atoms with E-state index >= 15 is 0 Å². The number of halogens is 1. The molecular formula is C4H5FO6S2. The first-order valence-electron chi connectivity index (χ1n) is 3.29. The van der Waals surface area contributed by atoms with Crippen LogP contribution >= 0.6 is 0 Å². The van der Waals surface area contributed by atoms with Crippen molar-refractivity contribution in [2.45, 2.75) is 17.7 Å². The van der Waals surface area contributed by atoms with Gasteiger partial charge in [0.15, 0.2) is 6.10 Å². The SMILES string of the molecule is O=S1(=O)C[C@H]2OS(=O)(=O)C(F)[C@H]2O1. The minimum absolute atomic E-state index is 0.614. The lowest BCUT2D eigenvalue weighted by atomic mass is 10.2. The van der Waals surface area contributed by atoms with Crippen molar-refractivity contribution >= 4 is 20.2 Å². The highest BCUT2D eigenvalue weighted by molar-refractivity contribution is 7.88. The second kappa shape index (κ2) is 2.41. The standard InChI is InChI=1S/C4H5FO6S2/c5-4-3-2(10-13(4,8)9)1-12(6,7)11-3/h2-4H,1H2/t2-,3+,4?/m1/s1. The zero-order chi connectivity index (χ0) is 9.85. The monoisotopic (exact) mass is 232 g/mol. The average molecular weight is 232 g/mol. The second-order valence-electron chi connectivity index (χ2n) is 2.76. The number of fused-ring (bicyclic) bond motifs is 1. The maximum Gasteiger partial charge on any atom is 0.303 e. The van der Waals surface area contributed by atoms with E-state index in [4.69, 9.17) is 0 Å². The summed E-state index contributed by atoms with van der Waals surface area (Å²) in [6, 6.07) is 0. The normalized spacial score (nSPS) is 46.1. The molecule has 2 aliphatic heterocycles. The molecule has 0 aliphatic carbocycles. The third-order valence-corrected chi connectivity index (χ3v) is 4.37. The van der Waals surface area contributed by atoms with Gasteiger partial charge in [0.05, 0.1) is 0 Å². The van der Waals surface area contributed by atoms with E-state index < -0.39 is 43.7 Å². The Labute approximate surface area is 73.9 Å². The van der Waals surface area contributed by atoms with Gasteiger partial charge in [0.2, 0.25) is 0 Å². The van der Waals surface area contributed by atoms with E-state index in [0.29, 0.717) is 0 Å². The number of hydrogen-bond donors (Lipinski definition) is 0. The maximum atomic E-state index is 12.9. The third-order valence-electron chi connectivity index (χ3n) is 1.78. The summed E-state index contributed by atoms with van der Waals surface area (Å²) in [5, 5.41) is 0. The van der Waals surface area contributed by atoms with Crippen molar-refractivity contribution in [3.63, 3.8) is 0 Å². The zero-order valence-electron chi connectivity index (χ0n) is 6.08. The van der Waals surface area contributed by atoms with Crippen molar-refractivity contribution in [2.24, 2.45) is 0 Å². The van der Waals surface area contributed by atoms with Crippen molar-refractivity contribution in [1.82, 2.24) is 0 Å². The van der Waals surface area contributed by atoms with Crippen molar-refractivity contribution in [3.05, 3.63) is 0 Å². The summed E-state index contributed by atoms with van der Waals surface area (Å²) in [4.78, 5) is 0. The Balaban J connectivity index is 2.36. The quantitative estimate of drug-likeness (QED) is 0.484. The fourth-order valence-electron chi connectivity index (χ4n) is 1.25. The van der Waals surface area contributed by atoms with E-state index in [2.05, 4.69) is 8.37 Å². The van der Waals surface area contributed by atoms with Gasteiger partial charge in [-0.3, -0.25) is 8.37 Å². The fraction of sp³-hybridized carbons (Fsp3) is 1.00. The Kier molecular flexibility index (Phi) is 1.72. The molecule has 2 aliphatic rings. The lowest BCUT2D eigenvalue weighted by molar-refractivity contribution is 0.116. The smallest absolute Gasteiger partial charge is 0.260 e. The predicted molar refractivity (Wildman–Crippen MR) is 37.3 cm³/mol. The topological polar surface area (TPSA) is 86.7 Å². The zero-order valence-corrected chi connectivity index (χ0v) is 7.72. The molecule has 2 fully saturated rings. The average Bonchev–Trinajstić information content (AvgIpc) is 2.30. The van der Waals surface area contributed by atoms with Gasteiger partial charge in [-0.2, -0.15) is 16.8 Å². The lowest BCUT2D eigenvalue weighted by Crippen LogP contribution is -2.25. The highest BCUT2D eigenvalue weighted by Crippen LogP contribution is 2.34. The molecule has 0 aromatic rings. The van der Waals surface area contributed by atoms with Crippen LogP contribution in [0.3, 0.4) is 0 Å². The molecule has 3 atom stereocenters. The number of alkyl halides is 1. The van der Waals surface area contributed by atoms with E-state index in [9.17, 15) is 21.2 Å². The Bertz CT molecular complexity index is 424. The van der Waals surface area contributed by atoms with E-state index in [1.807, 2.05) is 0 Å². The van der Waals surface area contributed by atoms with Crippen LogP contribution in [0.5, 0.6) is 0 Å². The van der Waals surface area contributed by atoms with Gasteiger partial charge in [-0.15, -0.1) is 0 Å². The largest absolute Gasteiger partial charge is 0.303 e. The number of hydrogen-bond acceptors (Lipinski definition) is 6. The van der Waals surface area contributed by atoms with Gasteiger partial charge >= 0.3 is 10.1 Å². The van der Waals surface area contributed by atoms with E-state index in [0.717, 1.165) is 0 Å². The molecular weight excluding hydrogens is 227 g/mol. The molecule has 0 bridgehead atoms. The molecule has 2 heterocycles. The molecule has 0 N–H and O–H groups in total. The summed E-state index contributed by atoms with van der Waals surface area (Å²) < 4.78 is 64.2. The van der Waals surface area contributed by atoms with Crippen LogP contribution in [-0.4, -0.2) is 40.3 Å². The Morgan fingerprint density at radius 1 is 1.15 bits per heavy atom. The van der Waals surface area contributed by atoms with Gasteiger partial charge in [-0.1, -0.05) is 0 Å². The van der Waals surface area contributed by atoms with Crippen LogP contribution in [0.4, 0.5) is 4.39 Å². The van der Waals surface area contributed by atoms with Crippen LogP contribution in [0.15, 0.2) is 0 Å². The summed E-state index contributed by atoms with van der Waals surface area (Å²) in [7, 11) is -8.11. The molecule has 2 rings (SSSR count). The molecule has 0 aromatic heterocycles. The molecule has 76 valence electrons. The summed E-state index contributed by atoms with van der Waals surface area (Å²) in [6.45, 7) is 0. The van der Waals surface area contributed by atoms with E-state index in [1.165, 1.54) is 0 Å². The highest BCUT2D eigenvalue weighted by atomic mass is 32.2. The predicted octanol–water partition coefficient (Wildman–Crippen LogP) is -1.26. The third kappa shape index (κ3) is 1.35. The van der Waals surface area contributed by atoms with Crippen LogP contribution in [0.1, 0.15) is 0 Å². The minimum atomic E-state index is -4.29. The van der Waals surface area contributed by atoms with Crippen molar-refractivity contribution in [1.29, 1.82) is 0 Å². The molecule has 0 radical (unpaired) electrons. The minimum Gasteiger partial charge on any atom is -0.260 e. The van der Waals surface area contributed by atoms with Gasteiger partial charge in [0, 0.05) is 0 Å². The van der Waals surface area contributed by atoms with Gasteiger partial charge in [0.1, 0.15) is 11.9 Å². The van der Waals surface area contributed by atoms with Gasteiger partial charge in [0.25, 0.3) is 15.6 Å². The Morgan fingerprint density at radius 2 is 1.77 bits per heavy atom. The van der Waals surface area contributed by atoms with Crippen LogP contribution in [0, 0.1) is 0 Å². The van der Waals surface area contributed by atoms with Crippen molar-refractivity contribution < 1.29 is 29.6 Å². The molecule has 13 heavy (non-hydrogen) atoms. The van der Waals surface area contributed by atoms with Gasteiger partial charge in [-0.25, -0.2) is 4.39 Å². The molecule has 6 nitrogen and oxygen atoms in total. The molecule has 0 spiro atoms. The first kappa shape index (κ1) is 9.31. The van der Waals surface area contributed by atoms with Crippen LogP contribution in [-0.2, 0) is 28.6 Å². The summed E-state index contributed by atoms with van der Waals surface area (Å²) in [5.41, 5.74) is -2.41. The maximum absolute atomic E-state index is 12.9. The van der Waals surface area contributed by atoms with Gasteiger partial charge in [-0.05, 0) is 0 Å². The Morgan fingerprint density at radius 3 is 2.31 bits per heavy atom. The first-order valence-corrected chi connectivity index (χ1v) is 6.34. The summed E-state index contributed by atoms with van der Waals surface area (Å²) >= 11 is 0. The molecule has 9 heteroatoms. The molecule has 2 saturated heterocycles. The number of rotatable bonds is 0. The first-order chi connectivity index (χ1) is 5.82. The molecule has 0 aromatic carbocycles. The molecule has 0 saturated carbocycles. The Hall–Kier alpha value is -0.250. The highest BCUT2D eigenvalue weighted by Gasteiger charge is 2.57. The van der Waals surface area contributed by atoms with Gasteiger partial charge < -0.3 is 0 Å². The lowest BCUT2D eigenvalue weighted by Gasteiger charge is -2.02. The van der Waals surface area contributed by atoms with E-state index in [1.54, 1.807) is 0 Å². The molecule has 1 unspecified atom stereocenters. The molecule has 0 amide bonds. The van der Waals surface area contributed by atoms with Crippen LogP contribution in [0.25, 0.3) is 0 Å². The summed E-state index contributed by atoms with van der Waals surface area (Å²) in [6.07, 6.45) is -2.76. The van der Waals surface area contributed by atoms with Crippen LogP contribution in [0.2, 0.25) is 0 Å². The second-order valence-corrected chi connectivity index (χ2v) is 6.03. The summed E-state index contributed by atoms with van der Waals surface area (Å²) in [5.74, 6) is -0.614. The fourth-order valence-corrected chi connectivity index (χ4v) is 3.89. The van der Waals surface area contributed by atoms with Crippen molar-refractivity contribution in [2.75, 3.05) is 5.75 Å². The van der Waals surface area contributed by atoms with E-state index in [-0.39, 0.29) is 0 Å². The van der Waals surface area contributed by atoms with Crippen molar-refractivity contribution in [3.8, 4) is 0 Å². The van der Waals surface area contributed by atoms with Crippen LogP contribution < -0.4 is 0 Å².